The third kappa shape index (κ3) is 4.73. The van der Waals surface area contributed by atoms with Crippen molar-refractivity contribution < 1.29 is 22.9 Å². The first-order valence-corrected chi connectivity index (χ1v) is 9.24. The quantitative estimate of drug-likeness (QED) is 0.469. The van der Waals surface area contributed by atoms with Gasteiger partial charge in [0.1, 0.15) is 0 Å². The highest BCUT2D eigenvalue weighted by atomic mass is 19.4. The number of carbonyl (C=O) groups excluding carboxylic acids is 1. The van der Waals surface area contributed by atoms with E-state index in [1.807, 2.05) is 0 Å². The fourth-order valence-electron chi connectivity index (χ4n) is 3.24. The van der Waals surface area contributed by atoms with Crippen molar-refractivity contribution in [2.24, 2.45) is 0 Å². The molecule has 0 aliphatic rings. The van der Waals surface area contributed by atoms with Crippen LogP contribution in [0.25, 0.3) is 5.69 Å². The molecule has 0 bridgehead atoms. The number of nitro groups is 1. The summed E-state index contributed by atoms with van der Waals surface area (Å²) >= 11 is 0. The Hall–Kier alpha value is -3.69. The van der Waals surface area contributed by atoms with E-state index in [4.69, 9.17) is 0 Å². The Kier molecular flexibility index (Phi) is 5.83. The molecule has 0 saturated heterocycles. The third-order valence-corrected chi connectivity index (χ3v) is 4.77. The predicted octanol–water partition coefficient (Wildman–Crippen LogP) is 4.65. The van der Waals surface area contributed by atoms with Gasteiger partial charge in [-0.1, -0.05) is 12.1 Å². The van der Waals surface area contributed by atoms with Crippen LogP contribution in [0.1, 0.15) is 38.4 Å². The Labute approximate surface area is 175 Å². The molecule has 1 amide bonds. The molecule has 3 rings (SSSR count). The van der Waals surface area contributed by atoms with Gasteiger partial charge in [-0.2, -0.15) is 18.3 Å². The average Bonchev–Trinajstić information content (AvgIpc) is 3.03. The van der Waals surface area contributed by atoms with Crippen LogP contribution >= 0.6 is 0 Å². The van der Waals surface area contributed by atoms with Crippen molar-refractivity contribution in [1.29, 1.82) is 0 Å². The standard InChI is InChI=1S/C21H19F3N4O3/c1-12-4-6-17(28(30)31)9-18(12)20(29)25-11-15-5-7-16(10-19(15)21(22,23)24)27-14(3)8-13(2)26-27/h4-10H,11H2,1-3H3,(H,25,29). The molecule has 0 atom stereocenters. The summed E-state index contributed by atoms with van der Waals surface area (Å²) in [5, 5.41) is 17.6. The average molecular weight is 432 g/mol. The molecule has 0 aliphatic heterocycles. The van der Waals surface area contributed by atoms with Gasteiger partial charge in [0.05, 0.1) is 21.9 Å². The van der Waals surface area contributed by atoms with E-state index in [0.29, 0.717) is 17.0 Å². The molecule has 1 heterocycles. The molecule has 0 spiro atoms. The summed E-state index contributed by atoms with van der Waals surface area (Å²) in [7, 11) is 0. The molecule has 3 aromatic rings. The van der Waals surface area contributed by atoms with Gasteiger partial charge in [-0.05, 0) is 50.1 Å². The molecule has 1 N–H and O–H groups in total. The zero-order valence-corrected chi connectivity index (χ0v) is 16.9. The van der Waals surface area contributed by atoms with Crippen LogP contribution in [0.3, 0.4) is 0 Å². The van der Waals surface area contributed by atoms with Gasteiger partial charge in [0.25, 0.3) is 11.6 Å². The minimum atomic E-state index is -4.65. The Morgan fingerprint density at radius 2 is 1.84 bits per heavy atom. The Bertz CT molecular complexity index is 1170. The van der Waals surface area contributed by atoms with Crippen LogP contribution in [-0.4, -0.2) is 20.6 Å². The van der Waals surface area contributed by atoms with E-state index in [2.05, 4.69) is 10.4 Å². The van der Waals surface area contributed by atoms with E-state index < -0.39 is 29.1 Å². The van der Waals surface area contributed by atoms with E-state index in [9.17, 15) is 28.1 Å². The van der Waals surface area contributed by atoms with Crippen LogP contribution in [0.5, 0.6) is 0 Å². The van der Waals surface area contributed by atoms with Crippen LogP contribution in [0.4, 0.5) is 18.9 Å². The molecule has 10 heteroatoms. The molecular formula is C21H19F3N4O3. The molecule has 162 valence electrons. The molecular weight excluding hydrogens is 413 g/mol. The number of alkyl halides is 3. The molecule has 0 saturated carbocycles. The normalized spacial score (nSPS) is 11.4. The van der Waals surface area contributed by atoms with E-state index in [0.717, 1.165) is 12.1 Å². The van der Waals surface area contributed by atoms with E-state index in [1.165, 1.54) is 28.9 Å². The van der Waals surface area contributed by atoms with Crippen LogP contribution in [0.2, 0.25) is 0 Å². The number of carbonyl (C=O) groups is 1. The number of non-ortho nitro benzene ring substituents is 1. The summed E-state index contributed by atoms with van der Waals surface area (Å²) < 4.78 is 42.5. The number of nitrogens with zero attached hydrogens (tertiary/aromatic N) is 3. The van der Waals surface area contributed by atoms with Crippen LogP contribution < -0.4 is 5.32 Å². The van der Waals surface area contributed by atoms with Gasteiger partial charge in [-0.3, -0.25) is 14.9 Å². The predicted molar refractivity (Wildman–Crippen MR) is 107 cm³/mol. The molecule has 1 aromatic heterocycles. The highest BCUT2D eigenvalue weighted by Crippen LogP contribution is 2.34. The largest absolute Gasteiger partial charge is 0.416 e. The number of aromatic nitrogens is 2. The monoisotopic (exact) mass is 432 g/mol. The zero-order valence-electron chi connectivity index (χ0n) is 16.9. The van der Waals surface area contributed by atoms with Crippen molar-refractivity contribution in [3.8, 4) is 5.69 Å². The van der Waals surface area contributed by atoms with Crippen molar-refractivity contribution in [2.45, 2.75) is 33.5 Å². The van der Waals surface area contributed by atoms with Crippen LogP contribution in [0, 0.1) is 30.9 Å². The maximum atomic E-state index is 13.7. The molecule has 0 aliphatic carbocycles. The molecule has 0 fully saturated rings. The lowest BCUT2D eigenvalue weighted by molar-refractivity contribution is -0.384. The number of nitrogens with one attached hydrogen (secondary N) is 1. The summed E-state index contributed by atoms with van der Waals surface area (Å²) in [6.45, 7) is 4.67. The summed E-state index contributed by atoms with van der Waals surface area (Å²) in [5.41, 5.74) is 0.815. The minimum absolute atomic E-state index is 0.0296. The van der Waals surface area contributed by atoms with E-state index >= 15 is 0 Å². The fourth-order valence-corrected chi connectivity index (χ4v) is 3.24. The SMILES string of the molecule is Cc1cc(C)n(-c2ccc(CNC(=O)c3cc([N+](=O)[O-])ccc3C)c(C(F)(F)F)c2)n1. The van der Waals surface area contributed by atoms with Gasteiger partial charge in [-0.15, -0.1) is 0 Å². The topological polar surface area (TPSA) is 90.1 Å². The summed E-state index contributed by atoms with van der Waals surface area (Å²) in [6, 6.07) is 9.29. The molecule has 7 nitrogen and oxygen atoms in total. The van der Waals surface area contributed by atoms with Crippen LogP contribution in [0.15, 0.2) is 42.5 Å². The Morgan fingerprint density at radius 3 is 2.42 bits per heavy atom. The summed E-state index contributed by atoms with van der Waals surface area (Å²) in [6.07, 6.45) is -4.65. The van der Waals surface area contributed by atoms with Crippen molar-refractivity contribution in [3.63, 3.8) is 0 Å². The van der Waals surface area contributed by atoms with Gasteiger partial charge >= 0.3 is 6.18 Å². The molecule has 2 aromatic carbocycles. The first-order valence-electron chi connectivity index (χ1n) is 9.24. The Balaban J connectivity index is 1.89. The lowest BCUT2D eigenvalue weighted by atomic mass is 10.0. The molecule has 31 heavy (non-hydrogen) atoms. The van der Waals surface area contributed by atoms with Crippen molar-refractivity contribution in [2.75, 3.05) is 0 Å². The zero-order chi connectivity index (χ0) is 22.9. The smallest absolute Gasteiger partial charge is 0.348 e. The number of hydrogen-bond acceptors (Lipinski definition) is 4. The lowest BCUT2D eigenvalue weighted by Crippen LogP contribution is -2.25. The van der Waals surface area contributed by atoms with Gasteiger partial charge in [0, 0.05) is 29.9 Å². The van der Waals surface area contributed by atoms with E-state index in [-0.39, 0.29) is 22.5 Å². The number of aryl methyl sites for hydroxylation is 3. The second-order valence-electron chi connectivity index (χ2n) is 7.12. The van der Waals surface area contributed by atoms with E-state index in [1.54, 1.807) is 26.8 Å². The summed E-state index contributed by atoms with van der Waals surface area (Å²) in [5.74, 6) is -0.697. The summed E-state index contributed by atoms with van der Waals surface area (Å²) in [4.78, 5) is 22.8. The fraction of sp³-hybridized carbons (Fsp3) is 0.238. The number of amides is 1. The van der Waals surface area contributed by atoms with Crippen molar-refractivity contribution >= 4 is 11.6 Å². The maximum absolute atomic E-state index is 13.7. The first kappa shape index (κ1) is 22.0. The highest BCUT2D eigenvalue weighted by molar-refractivity contribution is 5.96. The van der Waals surface area contributed by atoms with Crippen LogP contribution in [-0.2, 0) is 12.7 Å². The number of halogens is 3. The van der Waals surface area contributed by atoms with Gasteiger partial charge < -0.3 is 5.32 Å². The van der Waals surface area contributed by atoms with Crippen molar-refractivity contribution in [1.82, 2.24) is 15.1 Å². The minimum Gasteiger partial charge on any atom is -0.348 e. The molecule has 0 radical (unpaired) electrons. The lowest BCUT2D eigenvalue weighted by Gasteiger charge is -2.16. The Morgan fingerprint density at radius 1 is 1.13 bits per heavy atom. The third-order valence-electron chi connectivity index (χ3n) is 4.77. The maximum Gasteiger partial charge on any atom is 0.416 e. The highest BCUT2D eigenvalue weighted by Gasteiger charge is 2.34. The number of hydrogen-bond donors (Lipinski definition) is 1. The first-order chi connectivity index (χ1) is 14.5. The van der Waals surface area contributed by atoms with Gasteiger partial charge in [0.15, 0.2) is 0 Å². The second kappa shape index (κ2) is 8.21. The number of nitro benzene ring substituents is 1. The number of rotatable bonds is 5. The van der Waals surface area contributed by atoms with Gasteiger partial charge in [0.2, 0.25) is 0 Å². The van der Waals surface area contributed by atoms with Crippen molar-refractivity contribution in [3.05, 3.63) is 86.2 Å². The van der Waals surface area contributed by atoms with Gasteiger partial charge in [-0.25, -0.2) is 4.68 Å². The molecule has 0 unspecified atom stereocenters. The number of benzene rings is 2. The second-order valence-corrected chi connectivity index (χ2v) is 7.12.